The van der Waals surface area contributed by atoms with E-state index in [-0.39, 0.29) is 23.5 Å². The van der Waals surface area contributed by atoms with E-state index < -0.39 is 0 Å². The predicted octanol–water partition coefficient (Wildman–Crippen LogP) is 2.31. The number of carbonyl (C=O) groups is 3. The van der Waals surface area contributed by atoms with E-state index in [2.05, 4.69) is 4.98 Å². The maximum Gasteiger partial charge on any atom is 0.270 e. The summed E-state index contributed by atoms with van der Waals surface area (Å²) in [6, 6.07) is 0. The highest BCUT2D eigenvalue weighted by molar-refractivity contribution is 6.02. The average molecular weight is 345 g/mol. The molecule has 0 unspecified atom stereocenters. The van der Waals surface area contributed by atoms with Crippen molar-refractivity contribution >= 4 is 17.6 Å². The van der Waals surface area contributed by atoms with Gasteiger partial charge in [0.1, 0.15) is 5.69 Å². The van der Waals surface area contributed by atoms with Crippen LogP contribution in [0.1, 0.15) is 64.7 Å². The van der Waals surface area contributed by atoms with E-state index in [0.29, 0.717) is 37.4 Å². The zero-order valence-electron chi connectivity index (χ0n) is 15.4. The first-order valence-electron chi connectivity index (χ1n) is 9.18. The van der Waals surface area contributed by atoms with Gasteiger partial charge in [0, 0.05) is 43.4 Å². The standard InChI is InChI=1S/C19H27N3O3/c1-12-16(14(3)23)13(2)20-17(12)19(25)22-10-8-21(9-11-22)18(24)15-6-4-5-7-15/h15,20H,4-11H2,1-3H3. The molecule has 1 aromatic rings. The van der Waals surface area contributed by atoms with E-state index in [1.807, 2.05) is 18.7 Å². The van der Waals surface area contributed by atoms with Crippen molar-refractivity contribution in [1.29, 1.82) is 0 Å². The van der Waals surface area contributed by atoms with Gasteiger partial charge in [-0.1, -0.05) is 12.8 Å². The van der Waals surface area contributed by atoms with Crippen LogP contribution in [0.5, 0.6) is 0 Å². The summed E-state index contributed by atoms with van der Waals surface area (Å²) in [5.41, 5.74) is 2.57. The number of amides is 2. The Morgan fingerprint density at radius 3 is 2.04 bits per heavy atom. The molecule has 2 heterocycles. The number of hydrogen-bond donors (Lipinski definition) is 1. The third-order valence-corrected chi connectivity index (χ3v) is 5.59. The van der Waals surface area contributed by atoms with Crippen LogP contribution in [-0.2, 0) is 4.79 Å². The van der Waals surface area contributed by atoms with Crippen LogP contribution in [0.3, 0.4) is 0 Å². The molecular formula is C19H27N3O3. The zero-order chi connectivity index (χ0) is 18.1. The minimum atomic E-state index is -0.0823. The van der Waals surface area contributed by atoms with Crippen LogP contribution >= 0.6 is 0 Å². The van der Waals surface area contributed by atoms with Gasteiger partial charge in [0.25, 0.3) is 5.91 Å². The highest BCUT2D eigenvalue weighted by atomic mass is 16.2. The molecule has 0 bridgehead atoms. The zero-order valence-corrected chi connectivity index (χ0v) is 15.4. The van der Waals surface area contributed by atoms with E-state index in [1.54, 1.807) is 4.90 Å². The van der Waals surface area contributed by atoms with Gasteiger partial charge in [-0.15, -0.1) is 0 Å². The van der Waals surface area contributed by atoms with Gasteiger partial charge in [-0.25, -0.2) is 0 Å². The number of piperazine rings is 1. The molecule has 2 amide bonds. The Balaban J connectivity index is 1.65. The van der Waals surface area contributed by atoms with Crippen LogP contribution in [-0.4, -0.2) is 58.6 Å². The Kier molecular flexibility index (Phi) is 4.97. The summed E-state index contributed by atoms with van der Waals surface area (Å²) >= 11 is 0. The summed E-state index contributed by atoms with van der Waals surface area (Å²) < 4.78 is 0. The number of H-pyrrole nitrogens is 1. The molecule has 1 saturated heterocycles. The Hall–Kier alpha value is -2.11. The number of ketones is 1. The molecule has 25 heavy (non-hydrogen) atoms. The average Bonchev–Trinajstić information content (AvgIpc) is 3.22. The number of nitrogens with zero attached hydrogens (tertiary/aromatic N) is 2. The smallest absolute Gasteiger partial charge is 0.270 e. The molecule has 6 nitrogen and oxygen atoms in total. The number of hydrogen-bond acceptors (Lipinski definition) is 3. The van der Waals surface area contributed by atoms with Crippen molar-refractivity contribution in [2.45, 2.75) is 46.5 Å². The predicted molar refractivity (Wildman–Crippen MR) is 94.7 cm³/mol. The first kappa shape index (κ1) is 17.7. The van der Waals surface area contributed by atoms with Gasteiger partial charge in [-0.2, -0.15) is 0 Å². The van der Waals surface area contributed by atoms with Crippen LogP contribution in [0.2, 0.25) is 0 Å². The van der Waals surface area contributed by atoms with E-state index in [0.717, 1.165) is 36.9 Å². The van der Waals surface area contributed by atoms with Gasteiger partial charge in [-0.05, 0) is 39.2 Å². The lowest BCUT2D eigenvalue weighted by Crippen LogP contribution is -2.51. The summed E-state index contributed by atoms with van der Waals surface area (Å²) in [4.78, 5) is 43.8. The summed E-state index contributed by atoms with van der Waals surface area (Å²) in [7, 11) is 0. The summed E-state index contributed by atoms with van der Waals surface area (Å²) in [6.45, 7) is 7.43. The second-order valence-electron chi connectivity index (χ2n) is 7.28. The van der Waals surface area contributed by atoms with E-state index >= 15 is 0 Å². The quantitative estimate of drug-likeness (QED) is 0.855. The van der Waals surface area contributed by atoms with Gasteiger partial charge in [-0.3, -0.25) is 14.4 Å². The van der Waals surface area contributed by atoms with Gasteiger partial charge in [0.15, 0.2) is 5.78 Å². The Bertz CT molecular complexity index is 693. The van der Waals surface area contributed by atoms with Gasteiger partial charge in [0.2, 0.25) is 5.91 Å². The summed E-state index contributed by atoms with van der Waals surface area (Å²) in [5, 5.41) is 0. The molecule has 136 valence electrons. The molecule has 1 saturated carbocycles. The van der Waals surface area contributed by atoms with Crippen LogP contribution in [0, 0.1) is 19.8 Å². The van der Waals surface area contributed by atoms with Crippen molar-refractivity contribution in [2.24, 2.45) is 5.92 Å². The summed E-state index contributed by atoms with van der Waals surface area (Å²) in [6.07, 6.45) is 4.32. The van der Waals surface area contributed by atoms with E-state index in [4.69, 9.17) is 0 Å². The normalized spacial score (nSPS) is 18.7. The maximum atomic E-state index is 12.8. The number of Topliss-reactive ketones (excluding diaryl/α,β-unsaturated/α-hetero) is 1. The molecule has 0 aromatic carbocycles. The van der Waals surface area contributed by atoms with Crippen molar-refractivity contribution in [3.63, 3.8) is 0 Å². The molecule has 0 atom stereocenters. The summed E-state index contributed by atoms with van der Waals surface area (Å²) in [5.74, 6) is 0.336. The molecule has 3 rings (SSSR count). The molecular weight excluding hydrogens is 318 g/mol. The fraction of sp³-hybridized carbons (Fsp3) is 0.632. The van der Waals surface area contributed by atoms with Crippen molar-refractivity contribution < 1.29 is 14.4 Å². The molecule has 2 aliphatic rings. The number of aromatic nitrogens is 1. The molecule has 6 heteroatoms. The van der Waals surface area contributed by atoms with Gasteiger partial charge in [0.05, 0.1) is 0 Å². The second-order valence-corrected chi connectivity index (χ2v) is 7.28. The van der Waals surface area contributed by atoms with Crippen LogP contribution < -0.4 is 0 Å². The first-order chi connectivity index (χ1) is 11.9. The van der Waals surface area contributed by atoms with Gasteiger partial charge < -0.3 is 14.8 Å². The van der Waals surface area contributed by atoms with Gasteiger partial charge >= 0.3 is 0 Å². The lowest BCUT2D eigenvalue weighted by atomic mass is 10.1. The number of aryl methyl sites for hydroxylation is 1. The highest BCUT2D eigenvalue weighted by Crippen LogP contribution is 2.27. The van der Waals surface area contributed by atoms with Crippen molar-refractivity contribution in [3.05, 3.63) is 22.5 Å². The van der Waals surface area contributed by atoms with Crippen molar-refractivity contribution in [1.82, 2.24) is 14.8 Å². The Morgan fingerprint density at radius 1 is 0.960 bits per heavy atom. The third-order valence-electron chi connectivity index (χ3n) is 5.59. The monoisotopic (exact) mass is 345 g/mol. The molecule has 1 N–H and O–H groups in total. The third kappa shape index (κ3) is 3.34. The lowest BCUT2D eigenvalue weighted by Gasteiger charge is -2.36. The number of carbonyl (C=O) groups excluding carboxylic acids is 3. The lowest BCUT2D eigenvalue weighted by molar-refractivity contribution is -0.136. The second kappa shape index (κ2) is 7.02. The molecule has 2 fully saturated rings. The highest BCUT2D eigenvalue weighted by Gasteiger charge is 2.31. The molecule has 1 aliphatic carbocycles. The fourth-order valence-electron chi connectivity index (χ4n) is 4.21. The van der Waals surface area contributed by atoms with Crippen molar-refractivity contribution in [3.8, 4) is 0 Å². The number of nitrogens with one attached hydrogen (secondary N) is 1. The van der Waals surface area contributed by atoms with Crippen molar-refractivity contribution in [2.75, 3.05) is 26.2 Å². The van der Waals surface area contributed by atoms with Crippen LogP contribution in [0.4, 0.5) is 0 Å². The molecule has 0 spiro atoms. The van der Waals surface area contributed by atoms with Crippen LogP contribution in [0.15, 0.2) is 0 Å². The first-order valence-corrected chi connectivity index (χ1v) is 9.18. The molecule has 1 aliphatic heterocycles. The Labute approximate surface area is 148 Å². The van der Waals surface area contributed by atoms with E-state index in [9.17, 15) is 14.4 Å². The largest absolute Gasteiger partial charge is 0.354 e. The minimum Gasteiger partial charge on any atom is -0.354 e. The topological polar surface area (TPSA) is 73.5 Å². The number of aromatic amines is 1. The Morgan fingerprint density at radius 2 is 1.52 bits per heavy atom. The van der Waals surface area contributed by atoms with E-state index in [1.165, 1.54) is 6.92 Å². The molecule has 0 radical (unpaired) electrons. The SMILES string of the molecule is CC(=O)c1c(C)[nH]c(C(=O)N2CCN(C(=O)C3CCCC3)CC2)c1C. The molecule has 1 aromatic heterocycles. The fourth-order valence-corrected chi connectivity index (χ4v) is 4.21. The van der Waals surface area contributed by atoms with Crippen LogP contribution in [0.25, 0.3) is 0 Å². The maximum absolute atomic E-state index is 12.8. The number of rotatable bonds is 3. The minimum absolute atomic E-state index is 0.0303.